The van der Waals surface area contributed by atoms with Crippen LogP contribution in [-0.4, -0.2) is 25.4 Å². The molecule has 0 saturated heterocycles. The number of carbonyl (C=O) groups is 2. The van der Waals surface area contributed by atoms with E-state index in [1.807, 2.05) is 0 Å². The van der Waals surface area contributed by atoms with Crippen molar-refractivity contribution in [3.8, 4) is 0 Å². The molecule has 0 aromatic heterocycles. The summed E-state index contributed by atoms with van der Waals surface area (Å²) in [5, 5.41) is 11.6. The third-order valence-electron chi connectivity index (χ3n) is 3.53. The number of benzene rings is 2. The van der Waals surface area contributed by atoms with Gasteiger partial charge >= 0.3 is 5.97 Å². The third kappa shape index (κ3) is 5.04. The summed E-state index contributed by atoms with van der Waals surface area (Å²) in [6.07, 6.45) is 0. The first-order valence-corrected chi connectivity index (χ1v) is 9.35. The van der Waals surface area contributed by atoms with E-state index < -0.39 is 37.7 Å². The van der Waals surface area contributed by atoms with Crippen LogP contribution in [0.3, 0.4) is 0 Å². The van der Waals surface area contributed by atoms with Crippen molar-refractivity contribution < 1.29 is 27.5 Å². The number of nitrogens with one attached hydrogen (secondary N) is 2. The zero-order chi connectivity index (χ0) is 20.4. The molecule has 0 saturated carbocycles. The summed E-state index contributed by atoms with van der Waals surface area (Å²) >= 11 is 0. The normalized spacial score (nSPS) is 11.7. The van der Waals surface area contributed by atoms with E-state index in [2.05, 4.69) is 10.0 Å². The highest BCUT2D eigenvalue weighted by Crippen LogP contribution is 2.23. The minimum absolute atomic E-state index is 0.155. The second kappa shape index (κ2) is 7.36. The summed E-state index contributed by atoms with van der Waals surface area (Å²) in [6, 6.07) is 8.51. The van der Waals surface area contributed by atoms with Gasteiger partial charge in [-0.25, -0.2) is 17.6 Å². The highest BCUT2D eigenvalue weighted by Gasteiger charge is 2.22. The minimum Gasteiger partial charge on any atom is -0.478 e. The second-order valence-corrected chi connectivity index (χ2v) is 8.52. The fraction of sp³-hybridized carbons (Fsp3) is 0.222. The molecule has 0 spiro atoms. The van der Waals surface area contributed by atoms with Crippen LogP contribution in [0.5, 0.6) is 0 Å². The average Bonchev–Trinajstić information content (AvgIpc) is 2.53. The number of carbonyl (C=O) groups excluding carboxylic acids is 1. The molecule has 0 aliphatic rings. The van der Waals surface area contributed by atoms with Gasteiger partial charge in [0.1, 0.15) is 5.82 Å². The zero-order valence-electron chi connectivity index (χ0n) is 14.9. The van der Waals surface area contributed by atoms with Crippen molar-refractivity contribution in [1.82, 2.24) is 0 Å². The molecule has 27 heavy (non-hydrogen) atoms. The standard InChI is InChI=1S/C18H19FN2O5S/c1-18(2,3)17(24)20-11-5-4-6-12(9-11)21-27(25,26)13-7-8-15(19)14(10-13)16(22)23/h4-10,21H,1-3H3,(H,20,24)(H,22,23). The number of hydrogen-bond donors (Lipinski definition) is 3. The lowest BCUT2D eigenvalue weighted by molar-refractivity contribution is -0.123. The summed E-state index contributed by atoms with van der Waals surface area (Å²) in [6.45, 7) is 5.22. The van der Waals surface area contributed by atoms with Crippen molar-refractivity contribution in [3.63, 3.8) is 0 Å². The maximum Gasteiger partial charge on any atom is 0.338 e. The van der Waals surface area contributed by atoms with Crippen LogP contribution in [0.2, 0.25) is 0 Å². The van der Waals surface area contributed by atoms with Gasteiger partial charge in [0.2, 0.25) is 5.91 Å². The van der Waals surface area contributed by atoms with Crippen molar-refractivity contribution in [2.45, 2.75) is 25.7 Å². The Morgan fingerprint density at radius 2 is 1.67 bits per heavy atom. The van der Waals surface area contributed by atoms with Gasteiger partial charge in [-0.2, -0.15) is 0 Å². The fourth-order valence-corrected chi connectivity index (χ4v) is 3.10. The summed E-state index contributed by atoms with van der Waals surface area (Å²) in [5.41, 5.74) is -0.830. The predicted octanol–water partition coefficient (Wildman–Crippen LogP) is 3.31. The maximum atomic E-state index is 13.5. The van der Waals surface area contributed by atoms with Crippen LogP contribution in [-0.2, 0) is 14.8 Å². The Balaban J connectivity index is 2.28. The first-order chi connectivity index (χ1) is 12.4. The molecule has 0 atom stereocenters. The van der Waals surface area contributed by atoms with Gasteiger partial charge in [0, 0.05) is 11.1 Å². The summed E-state index contributed by atoms with van der Waals surface area (Å²) in [7, 11) is -4.15. The van der Waals surface area contributed by atoms with Crippen LogP contribution < -0.4 is 10.0 Å². The van der Waals surface area contributed by atoms with Crippen molar-refractivity contribution >= 4 is 33.3 Å². The smallest absolute Gasteiger partial charge is 0.338 e. The quantitative estimate of drug-likeness (QED) is 0.720. The van der Waals surface area contributed by atoms with Gasteiger partial charge in [-0.3, -0.25) is 9.52 Å². The van der Waals surface area contributed by atoms with Gasteiger partial charge in [0.25, 0.3) is 10.0 Å². The molecule has 2 aromatic rings. The van der Waals surface area contributed by atoms with Crippen LogP contribution in [0.15, 0.2) is 47.4 Å². The molecule has 0 radical (unpaired) electrons. The van der Waals surface area contributed by atoms with Crippen LogP contribution in [0.25, 0.3) is 0 Å². The molecule has 2 aromatic carbocycles. The van der Waals surface area contributed by atoms with Crippen LogP contribution in [0.4, 0.5) is 15.8 Å². The Morgan fingerprint density at radius 1 is 1.04 bits per heavy atom. The first kappa shape index (κ1) is 20.4. The van der Waals surface area contributed by atoms with Crippen molar-refractivity contribution in [1.29, 1.82) is 0 Å². The number of anilines is 2. The van der Waals surface area contributed by atoms with E-state index in [1.54, 1.807) is 32.9 Å². The molecule has 0 fully saturated rings. The minimum atomic E-state index is -4.15. The molecule has 9 heteroatoms. The summed E-state index contributed by atoms with van der Waals surface area (Å²) in [4.78, 5) is 22.6. The number of carboxylic acid groups (broad SMARTS) is 1. The molecule has 0 bridgehead atoms. The molecule has 1 amide bonds. The van der Waals surface area contributed by atoms with Gasteiger partial charge in [0.05, 0.1) is 16.1 Å². The van der Waals surface area contributed by atoms with Gasteiger partial charge in [-0.15, -0.1) is 0 Å². The number of sulfonamides is 1. The van der Waals surface area contributed by atoms with Crippen LogP contribution >= 0.6 is 0 Å². The predicted molar refractivity (Wildman–Crippen MR) is 98.7 cm³/mol. The molecule has 2 rings (SSSR count). The molecule has 144 valence electrons. The lowest BCUT2D eigenvalue weighted by Crippen LogP contribution is -2.27. The highest BCUT2D eigenvalue weighted by molar-refractivity contribution is 7.92. The van der Waals surface area contributed by atoms with E-state index in [4.69, 9.17) is 5.11 Å². The van der Waals surface area contributed by atoms with E-state index in [9.17, 15) is 22.4 Å². The Labute approximate surface area is 156 Å². The zero-order valence-corrected chi connectivity index (χ0v) is 15.7. The lowest BCUT2D eigenvalue weighted by atomic mass is 9.95. The highest BCUT2D eigenvalue weighted by atomic mass is 32.2. The fourth-order valence-electron chi connectivity index (χ4n) is 2.03. The van der Waals surface area contributed by atoms with Crippen molar-refractivity contribution in [2.75, 3.05) is 10.0 Å². The number of carboxylic acids is 1. The Bertz CT molecular complexity index is 997. The number of amides is 1. The van der Waals surface area contributed by atoms with Gasteiger partial charge in [-0.1, -0.05) is 26.8 Å². The number of aromatic carboxylic acids is 1. The summed E-state index contributed by atoms with van der Waals surface area (Å²) < 4.78 is 40.7. The maximum absolute atomic E-state index is 13.5. The number of halogens is 1. The molecule has 0 unspecified atom stereocenters. The van der Waals surface area contributed by atoms with Gasteiger partial charge < -0.3 is 10.4 Å². The Morgan fingerprint density at radius 3 is 2.26 bits per heavy atom. The largest absolute Gasteiger partial charge is 0.478 e. The molecule has 7 nitrogen and oxygen atoms in total. The van der Waals surface area contributed by atoms with E-state index in [1.165, 1.54) is 12.1 Å². The van der Waals surface area contributed by atoms with E-state index in [0.29, 0.717) is 5.69 Å². The van der Waals surface area contributed by atoms with E-state index in [-0.39, 0.29) is 11.6 Å². The second-order valence-electron chi connectivity index (χ2n) is 6.84. The van der Waals surface area contributed by atoms with Crippen molar-refractivity contribution in [2.24, 2.45) is 5.41 Å². The lowest BCUT2D eigenvalue weighted by Gasteiger charge is -2.18. The summed E-state index contributed by atoms with van der Waals surface area (Å²) in [5.74, 6) is -2.85. The van der Waals surface area contributed by atoms with Crippen LogP contribution in [0, 0.1) is 11.2 Å². The molecule has 0 aliphatic heterocycles. The SMILES string of the molecule is CC(C)(C)C(=O)Nc1cccc(NS(=O)(=O)c2ccc(F)c(C(=O)O)c2)c1. The molecular weight excluding hydrogens is 375 g/mol. The number of hydrogen-bond acceptors (Lipinski definition) is 4. The van der Waals surface area contributed by atoms with E-state index in [0.717, 1.165) is 18.2 Å². The third-order valence-corrected chi connectivity index (χ3v) is 4.91. The van der Waals surface area contributed by atoms with Crippen molar-refractivity contribution in [3.05, 3.63) is 53.8 Å². The van der Waals surface area contributed by atoms with Crippen LogP contribution in [0.1, 0.15) is 31.1 Å². The van der Waals surface area contributed by atoms with E-state index >= 15 is 0 Å². The van der Waals surface area contributed by atoms with Gasteiger partial charge in [-0.05, 0) is 36.4 Å². The molecule has 0 heterocycles. The molecule has 3 N–H and O–H groups in total. The topological polar surface area (TPSA) is 113 Å². The van der Waals surface area contributed by atoms with Gasteiger partial charge in [0.15, 0.2) is 0 Å². The average molecular weight is 394 g/mol. The molecule has 0 aliphatic carbocycles. The molecular formula is C18H19FN2O5S. The Kier molecular flexibility index (Phi) is 5.55. The first-order valence-electron chi connectivity index (χ1n) is 7.87. The number of rotatable bonds is 5. The monoisotopic (exact) mass is 394 g/mol. The Hall–Kier alpha value is -2.94.